The van der Waals surface area contributed by atoms with Crippen molar-refractivity contribution in [2.45, 2.75) is 33.4 Å². The normalized spacial score (nSPS) is 12.0. The zero-order valence-electron chi connectivity index (χ0n) is 12.1. The third-order valence-corrected chi connectivity index (χ3v) is 4.17. The van der Waals surface area contributed by atoms with Gasteiger partial charge in [0.05, 0.1) is 17.2 Å². The van der Waals surface area contributed by atoms with Gasteiger partial charge >= 0.3 is 0 Å². The summed E-state index contributed by atoms with van der Waals surface area (Å²) in [4.78, 5) is 16.3. The number of halogens is 1. The summed E-state index contributed by atoms with van der Waals surface area (Å²) >= 11 is 7.52. The topological polar surface area (TPSA) is 51.2 Å². The van der Waals surface area contributed by atoms with Gasteiger partial charge in [-0.15, -0.1) is 11.3 Å². The fraction of sp³-hybridized carbons (Fsp3) is 0.333. The standard InChI is InChI=1S/C15H17ClN2O2S/c1-9-6-13(4-5-14(9)16)20-10(2)15(19)17-7-12-8-21-11(3)18-12/h4-6,8,10H,7H2,1-3H3,(H,17,19)/t10-/m1/s1. The summed E-state index contributed by atoms with van der Waals surface area (Å²) in [5, 5.41) is 6.41. The van der Waals surface area contributed by atoms with E-state index in [-0.39, 0.29) is 5.91 Å². The molecule has 21 heavy (non-hydrogen) atoms. The molecule has 1 amide bonds. The van der Waals surface area contributed by atoms with Crippen molar-refractivity contribution in [3.8, 4) is 5.75 Å². The van der Waals surface area contributed by atoms with Crippen LogP contribution in [0.25, 0.3) is 0 Å². The third kappa shape index (κ3) is 4.44. The van der Waals surface area contributed by atoms with Crippen molar-refractivity contribution in [1.82, 2.24) is 10.3 Å². The van der Waals surface area contributed by atoms with Crippen LogP contribution in [0.1, 0.15) is 23.2 Å². The van der Waals surface area contributed by atoms with Gasteiger partial charge in [-0.25, -0.2) is 4.98 Å². The van der Waals surface area contributed by atoms with E-state index in [4.69, 9.17) is 16.3 Å². The average Bonchev–Trinajstić information content (AvgIpc) is 2.86. The predicted octanol–water partition coefficient (Wildman–Crippen LogP) is 3.50. The third-order valence-electron chi connectivity index (χ3n) is 2.92. The molecule has 0 saturated heterocycles. The SMILES string of the molecule is Cc1nc(CNC(=O)[C@@H](C)Oc2ccc(Cl)c(C)c2)cs1. The number of carbonyl (C=O) groups is 1. The minimum atomic E-state index is -0.578. The molecule has 0 radical (unpaired) electrons. The number of nitrogens with one attached hydrogen (secondary N) is 1. The molecular formula is C15H17ClN2O2S. The number of hydrogen-bond donors (Lipinski definition) is 1. The highest BCUT2D eigenvalue weighted by molar-refractivity contribution is 7.09. The van der Waals surface area contributed by atoms with Crippen LogP contribution in [0.15, 0.2) is 23.6 Å². The molecule has 6 heteroatoms. The molecule has 2 rings (SSSR count). The molecule has 4 nitrogen and oxygen atoms in total. The minimum Gasteiger partial charge on any atom is -0.481 e. The summed E-state index contributed by atoms with van der Waals surface area (Å²) in [5.74, 6) is 0.456. The number of aromatic nitrogens is 1. The molecule has 0 aliphatic heterocycles. The Labute approximate surface area is 133 Å². The largest absolute Gasteiger partial charge is 0.481 e. The van der Waals surface area contributed by atoms with Gasteiger partial charge in [-0.2, -0.15) is 0 Å². The second-order valence-corrected chi connectivity index (χ2v) is 6.22. The number of amides is 1. The maximum atomic E-state index is 12.0. The first kappa shape index (κ1) is 15.8. The quantitative estimate of drug-likeness (QED) is 0.915. The van der Waals surface area contributed by atoms with Gasteiger partial charge in [0.1, 0.15) is 5.75 Å². The molecule has 0 fully saturated rings. The molecule has 1 heterocycles. The van der Waals surface area contributed by atoms with Gasteiger partial charge in [0, 0.05) is 10.4 Å². The highest BCUT2D eigenvalue weighted by Gasteiger charge is 2.15. The summed E-state index contributed by atoms with van der Waals surface area (Å²) in [7, 11) is 0. The molecule has 0 aliphatic rings. The van der Waals surface area contributed by atoms with Gasteiger partial charge in [-0.05, 0) is 44.5 Å². The molecule has 0 bridgehead atoms. The van der Waals surface area contributed by atoms with Crippen LogP contribution in [0.5, 0.6) is 5.75 Å². The number of aryl methyl sites for hydroxylation is 2. The lowest BCUT2D eigenvalue weighted by molar-refractivity contribution is -0.127. The zero-order valence-corrected chi connectivity index (χ0v) is 13.7. The van der Waals surface area contributed by atoms with Gasteiger partial charge in [0.25, 0.3) is 5.91 Å². The first-order valence-corrected chi connectivity index (χ1v) is 7.83. The van der Waals surface area contributed by atoms with Gasteiger partial charge in [0.2, 0.25) is 0 Å². The Morgan fingerprint density at radius 3 is 2.86 bits per heavy atom. The van der Waals surface area contributed by atoms with E-state index in [1.54, 1.807) is 30.4 Å². The predicted molar refractivity (Wildman–Crippen MR) is 85.0 cm³/mol. The number of benzene rings is 1. The molecule has 0 aliphatic carbocycles. The highest BCUT2D eigenvalue weighted by atomic mass is 35.5. The van der Waals surface area contributed by atoms with E-state index in [0.717, 1.165) is 16.3 Å². The van der Waals surface area contributed by atoms with E-state index < -0.39 is 6.10 Å². The number of rotatable bonds is 5. The number of nitrogens with zero attached hydrogens (tertiary/aromatic N) is 1. The van der Waals surface area contributed by atoms with Crippen LogP contribution in [0.2, 0.25) is 5.02 Å². The Balaban J connectivity index is 1.88. The summed E-state index contributed by atoms with van der Waals surface area (Å²) < 4.78 is 5.62. The van der Waals surface area contributed by atoms with Crippen molar-refractivity contribution < 1.29 is 9.53 Å². The lowest BCUT2D eigenvalue weighted by Gasteiger charge is -2.15. The summed E-state index contributed by atoms with van der Waals surface area (Å²) in [6.45, 7) is 5.96. The molecule has 1 N–H and O–H groups in total. The van der Waals surface area contributed by atoms with E-state index >= 15 is 0 Å². The maximum Gasteiger partial charge on any atom is 0.261 e. The minimum absolute atomic E-state index is 0.173. The average molecular weight is 325 g/mol. The lowest BCUT2D eigenvalue weighted by atomic mass is 10.2. The van der Waals surface area contributed by atoms with Crippen LogP contribution in [0, 0.1) is 13.8 Å². The molecular weight excluding hydrogens is 308 g/mol. The Bertz CT molecular complexity index is 642. The van der Waals surface area contributed by atoms with Crippen molar-refractivity contribution >= 4 is 28.8 Å². The maximum absolute atomic E-state index is 12.0. The molecule has 2 aromatic rings. The Morgan fingerprint density at radius 1 is 1.48 bits per heavy atom. The molecule has 112 valence electrons. The van der Waals surface area contributed by atoms with Crippen molar-refractivity contribution in [2.24, 2.45) is 0 Å². The van der Waals surface area contributed by atoms with E-state index in [1.165, 1.54) is 0 Å². The fourth-order valence-corrected chi connectivity index (χ4v) is 2.49. The van der Waals surface area contributed by atoms with E-state index in [0.29, 0.717) is 17.3 Å². The van der Waals surface area contributed by atoms with Gasteiger partial charge in [-0.3, -0.25) is 4.79 Å². The molecule has 0 spiro atoms. The number of ether oxygens (including phenoxy) is 1. The summed E-state index contributed by atoms with van der Waals surface area (Å²) in [6, 6.07) is 5.33. The second kappa shape index (κ2) is 6.91. The van der Waals surface area contributed by atoms with Crippen LogP contribution >= 0.6 is 22.9 Å². The zero-order chi connectivity index (χ0) is 15.4. The van der Waals surface area contributed by atoms with Gasteiger partial charge < -0.3 is 10.1 Å². The van der Waals surface area contributed by atoms with E-state index in [9.17, 15) is 4.79 Å². The Hall–Kier alpha value is -1.59. The Kier molecular flexibility index (Phi) is 5.20. The molecule has 0 saturated carbocycles. The van der Waals surface area contributed by atoms with Gasteiger partial charge in [-0.1, -0.05) is 11.6 Å². The smallest absolute Gasteiger partial charge is 0.261 e. The van der Waals surface area contributed by atoms with Crippen LogP contribution in [0.4, 0.5) is 0 Å². The second-order valence-electron chi connectivity index (χ2n) is 4.75. The molecule has 1 aromatic heterocycles. The Morgan fingerprint density at radius 2 is 2.24 bits per heavy atom. The monoisotopic (exact) mass is 324 g/mol. The van der Waals surface area contributed by atoms with Crippen LogP contribution in [-0.2, 0) is 11.3 Å². The number of thiazole rings is 1. The van der Waals surface area contributed by atoms with E-state index in [1.807, 2.05) is 25.3 Å². The van der Waals surface area contributed by atoms with Crippen LogP contribution in [-0.4, -0.2) is 17.0 Å². The first-order valence-electron chi connectivity index (χ1n) is 6.57. The first-order chi connectivity index (χ1) is 9.95. The fourth-order valence-electron chi connectivity index (χ4n) is 1.76. The molecule has 1 aromatic carbocycles. The summed E-state index contributed by atoms with van der Waals surface area (Å²) in [6.07, 6.45) is -0.578. The number of carbonyl (C=O) groups excluding carboxylic acids is 1. The molecule has 0 unspecified atom stereocenters. The van der Waals surface area contributed by atoms with Crippen LogP contribution in [0.3, 0.4) is 0 Å². The number of hydrogen-bond acceptors (Lipinski definition) is 4. The van der Waals surface area contributed by atoms with E-state index in [2.05, 4.69) is 10.3 Å². The van der Waals surface area contributed by atoms with Crippen molar-refractivity contribution in [1.29, 1.82) is 0 Å². The van der Waals surface area contributed by atoms with Crippen molar-refractivity contribution in [2.75, 3.05) is 0 Å². The summed E-state index contributed by atoms with van der Waals surface area (Å²) in [5.41, 5.74) is 1.78. The lowest BCUT2D eigenvalue weighted by Crippen LogP contribution is -2.36. The van der Waals surface area contributed by atoms with Crippen molar-refractivity contribution in [3.05, 3.63) is 44.9 Å². The van der Waals surface area contributed by atoms with Crippen LogP contribution < -0.4 is 10.1 Å². The molecule has 1 atom stereocenters. The van der Waals surface area contributed by atoms with Crippen molar-refractivity contribution in [3.63, 3.8) is 0 Å². The van der Waals surface area contributed by atoms with Gasteiger partial charge in [0.15, 0.2) is 6.10 Å². The highest BCUT2D eigenvalue weighted by Crippen LogP contribution is 2.21.